The summed E-state index contributed by atoms with van der Waals surface area (Å²) < 4.78 is 46.3. The summed E-state index contributed by atoms with van der Waals surface area (Å²) in [7, 11) is -3.58. The Balaban J connectivity index is 1.65. The minimum atomic E-state index is -3.58. The van der Waals surface area contributed by atoms with Crippen LogP contribution < -0.4 is 4.74 Å². The number of ether oxygens (including phenoxy) is 1. The van der Waals surface area contributed by atoms with E-state index in [9.17, 15) is 12.8 Å². The van der Waals surface area contributed by atoms with Crippen LogP contribution in [0.25, 0.3) is 0 Å². The second-order valence-corrected chi connectivity index (χ2v) is 8.17. The van der Waals surface area contributed by atoms with E-state index in [1.54, 1.807) is 30.3 Å². The number of fused-ring (bicyclic) bond motifs is 1. The minimum absolute atomic E-state index is 0.0320. The number of benzene rings is 2. The summed E-state index contributed by atoms with van der Waals surface area (Å²) in [6.07, 6.45) is 2.48. The first-order chi connectivity index (χ1) is 11.5. The minimum Gasteiger partial charge on any atom is -0.493 e. The lowest BCUT2D eigenvalue weighted by Gasteiger charge is -2.22. The standard InChI is InChI=1S/C18H18FNO3S/c19-15-3-1-13(2-4-15)12-20(16-5-6-16)24(21,22)17-7-8-18-14(11-17)9-10-23-18/h1-4,7-8,11,16H,5-6,9-10,12H2. The van der Waals surface area contributed by atoms with Gasteiger partial charge in [-0.1, -0.05) is 12.1 Å². The molecular weight excluding hydrogens is 329 g/mol. The number of rotatable bonds is 5. The van der Waals surface area contributed by atoms with E-state index in [2.05, 4.69) is 0 Å². The van der Waals surface area contributed by atoms with E-state index in [0.29, 0.717) is 11.5 Å². The molecule has 4 nitrogen and oxygen atoms in total. The van der Waals surface area contributed by atoms with Gasteiger partial charge in [0.05, 0.1) is 11.5 Å². The van der Waals surface area contributed by atoms with Crippen molar-refractivity contribution in [1.82, 2.24) is 4.31 Å². The lowest BCUT2D eigenvalue weighted by Crippen LogP contribution is -2.32. The highest BCUT2D eigenvalue weighted by atomic mass is 32.2. The molecule has 0 radical (unpaired) electrons. The van der Waals surface area contributed by atoms with Crippen molar-refractivity contribution in [1.29, 1.82) is 0 Å². The fourth-order valence-electron chi connectivity index (χ4n) is 3.00. The molecule has 1 aliphatic carbocycles. The maximum absolute atomic E-state index is 13.1. The summed E-state index contributed by atoms with van der Waals surface area (Å²) in [5.41, 5.74) is 1.73. The van der Waals surface area contributed by atoms with Gasteiger partial charge in [-0.25, -0.2) is 12.8 Å². The number of halogens is 1. The van der Waals surface area contributed by atoms with Crippen molar-refractivity contribution in [2.75, 3.05) is 6.61 Å². The molecule has 1 heterocycles. The maximum atomic E-state index is 13.1. The van der Waals surface area contributed by atoms with Crippen LogP contribution in [0.1, 0.15) is 24.0 Å². The molecule has 6 heteroatoms. The number of nitrogens with zero attached hydrogens (tertiary/aromatic N) is 1. The maximum Gasteiger partial charge on any atom is 0.243 e. The van der Waals surface area contributed by atoms with Crippen LogP contribution >= 0.6 is 0 Å². The van der Waals surface area contributed by atoms with Gasteiger partial charge < -0.3 is 4.74 Å². The van der Waals surface area contributed by atoms with Gasteiger partial charge in [0.25, 0.3) is 0 Å². The quantitative estimate of drug-likeness (QED) is 0.835. The Morgan fingerprint density at radius 2 is 1.88 bits per heavy atom. The van der Waals surface area contributed by atoms with Crippen molar-refractivity contribution in [2.45, 2.75) is 36.7 Å². The molecule has 4 rings (SSSR count). The summed E-state index contributed by atoms with van der Waals surface area (Å²) in [6.45, 7) is 0.863. The Morgan fingerprint density at radius 1 is 1.12 bits per heavy atom. The second-order valence-electron chi connectivity index (χ2n) is 6.28. The molecule has 2 aromatic rings. The highest BCUT2D eigenvalue weighted by molar-refractivity contribution is 7.89. The first-order valence-electron chi connectivity index (χ1n) is 8.06. The zero-order chi connectivity index (χ0) is 16.7. The fourth-order valence-corrected chi connectivity index (χ4v) is 4.73. The van der Waals surface area contributed by atoms with Crippen LogP contribution in [-0.2, 0) is 23.0 Å². The average Bonchev–Trinajstić information content (AvgIpc) is 3.30. The van der Waals surface area contributed by atoms with Crippen LogP contribution in [0.5, 0.6) is 5.75 Å². The topological polar surface area (TPSA) is 46.6 Å². The summed E-state index contributed by atoms with van der Waals surface area (Å²) in [5, 5.41) is 0. The van der Waals surface area contributed by atoms with Crippen LogP contribution in [0, 0.1) is 5.82 Å². The average molecular weight is 347 g/mol. The largest absolute Gasteiger partial charge is 0.493 e. The van der Waals surface area contributed by atoms with Crippen LogP contribution in [-0.4, -0.2) is 25.4 Å². The zero-order valence-corrected chi connectivity index (χ0v) is 13.9. The Morgan fingerprint density at radius 3 is 2.58 bits per heavy atom. The van der Waals surface area contributed by atoms with Gasteiger partial charge in [-0.15, -0.1) is 0 Å². The molecule has 0 atom stereocenters. The molecule has 0 amide bonds. The Bertz CT molecular complexity index is 860. The summed E-state index contributed by atoms with van der Waals surface area (Å²) in [5.74, 6) is 0.448. The van der Waals surface area contributed by atoms with E-state index in [4.69, 9.17) is 4.74 Å². The van der Waals surface area contributed by atoms with E-state index < -0.39 is 10.0 Å². The number of sulfonamides is 1. The Kier molecular flexibility index (Phi) is 3.81. The molecule has 0 aromatic heterocycles. The predicted octanol–water partition coefficient (Wildman–Crippen LogP) is 3.11. The van der Waals surface area contributed by atoms with Crippen LogP contribution in [0.3, 0.4) is 0 Å². The van der Waals surface area contributed by atoms with Crippen LogP contribution in [0.15, 0.2) is 47.4 Å². The van der Waals surface area contributed by atoms with Crippen molar-refractivity contribution < 1.29 is 17.5 Å². The van der Waals surface area contributed by atoms with Gasteiger partial charge in [-0.3, -0.25) is 0 Å². The molecule has 24 heavy (non-hydrogen) atoms. The molecule has 1 fully saturated rings. The molecular formula is C18H18FNO3S. The smallest absolute Gasteiger partial charge is 0.243 e. The number of hydrogen-bond donors (Lipinski definition) is 0. The monoisotopic (exact) mass is 347 g/mol. The lowest BCUT2D eigenvalue weighted by molar-refractivity contribution is 0.356. The van der Waals surface area contributed by atoms with E-state index in [0.717, 1.165) is 36.1 Å². The van der Waals surface area contributed by atoms with Gasteiger partial charge in [-0.05, 0) is 54.3 Å². The van der Waals surface area contributed by atoms with Gasteiger partial charge in [-0.2, -0.15) is 4.31 Å². The first-order valence-corrected chi connectivity index (χ1v) is 9.50. The van der Waals surface area contributed by atoms with Crippen LogP contribution in [0.4, 0.5) is 4.39 Å². The summed E-state index contributed by atoms with van der Waals surface area (Å²) in [4.78, 5) is 0.306. The normalized spacial score (nSPS) is 16.9. The molecule has 0 unspecified atom stereocenters. The number of hydrogen-bond acceptors (Lipinski definition) is 3. The Hall–Kier alpha value is -1.92. The molecule has 1 aliphatic heterocycles. The van der Waals surface area contributed by atoms with E-state index in [-0.39, 0.29) is 18.4 Å². The predicted molar refractivity (Wildman–Crippen MR) is 87.8 cm³/mol. The third-order valence-corrected chi connectivity index (χ3v) is 6.37. The molecule has 1 saturated carbocycles. The SMILES string of the molecule is O=S(=O)(c1ccc2c(c1)CCO2)N(Cc1ccc(F)cc1)C1CC1. The van der Waals surface area contributed by atoms with E-state index in [1.165, 1.54) is 16.4 Å². The third-order valence-electron chi connectivity index (χ3n) is 4.47. The van der Waals surface area contributed by atoms with Gasteiger partial charge in [0.2, 0.25) is 10.0 Å². The van der Waals surface area contributed by atoms with Crippen molar-refractivity contribution in [3.63, 3.8) is 0 Å². The highest BCUT2D eigenvalue weighted by Crippen LogP contribution is 2.35. The molecule has 2 aliphatic rings. The molecule has 0 saturated heterocycles. The summed E-state index contributed by atoms with van der Waals surface area (Å²) in [6, 6.07) is 11.1. The van der Waals surface area contributed by atoms with Gasteiger partial charge in [0, 0.05) is 19.0 Å². The van der Waals surface area contributed by atoms with Gasteiger partial charge in [0.15, 0.2) is 0 Å². The fraction of sp³-hybridized carbons (Fsp3) is 0.333. The van der Waals surface area contributed by atoms with Crippen molar-refractivity contribution in [2.24, 2.45) is 0 Å². The van der Waals surface area contributed by atoms with Crippen molar-refractivity contribution in [3.8, 4) is 5.75 Å². The van der Waals surface area contributed by atoms with Crippen molar-refractivity contribution in [3.05, 3.63) is 59.4 Å². The van der Waals surface area contributed by atoms with E-state index in [1.807, 2.05) is 0 Å². The van der Waals surface area contributed by atoms with Crippen molar-refractivity contribution >= 4 is 10.0 Å². The molecule has 2 aromatic carbocycles. The molecule has 0 N–H and O–H groups in total. The zero-order valence-electron chi connectivity index (χ0n) is 13.1. The molecule has 126 valence electrons. The molecule has 0 bridgehead atoms. The summed E-state index contributed by atoms with van der Waals surface area (Å²) >= 11 is 0. The first kappa shape index (κ1) is 15.6. The van der Waals surface area contributed by atoms with Gasteiger partial charge >= 0.3 is 0 Å². The Labute approximate surface area is 140 Å². The second kappa shape index (κ2) is 5.86. The molecule has 0 spiro atoms. The van der Waals surface area contributed by atoms with E-state index >= 15 is 0 Å². The van der Waals surface area contributed by atoms with Gasteiger partial charge in [0.1, 0.15) is 11.6 Å². The lowest BCUT2D eigenvalue weighted by atomic mass is 10.2. The highest BCUT2D eigenvalue weighted by Gasteiger charge is 2.38. The third kappa shape index (κ3) is 2.91. The van der Waals surface area contributed by atoms with Crippen LogP contribution in [0.2, 0.25) is 0 Å².